The number of hydrogen-bond acceptors (Lipinski definition) is 2. The fraction of sp³-hybridized carbons (Fsp3) is 0.364. The van der Waals surface area contributed by atoms with Gasteiger partial charge in [-0.2, -0.15) is 0 Å². The average molecular weight is 173 g/mol. The molecule has 1 saturated carbocycles. The van der Waals surface area contributed by atoms with Gasteiger partial charge in [0.15, 0.2) is 5.78 Å². The van der Waals surface area contributed by atoms with Crippen molar-refractivity contribution in [3.63, 3.8) is 0 Å². The summed E-state index contributed by atoms with van der Waals surface area (Å²) in [4.78, 5) is 11.9. The Kier molecular flexibility index (Phi) is 1.07. The van der Waals surface area contributed by atoms with Crippen molar-refractivity contribution in [2.45, 2.75) is 25.3 Å². The van der Waals surface area contributed by atoms with Gasteiger partial charge in [0.05, 0.1) is 0 Å². The minimum atomic E-state index is -0.184. The highest BCUT2D eigenvalue weighted by Crippen LogP contribution is 2.47. The number of anilines is 1. The molecular formula is C11H11NO. The molecule has 66 valence electrons. The largest absolute Gasteiger partial charge is 0.372 e. The zero-order valence-corrected chi connectivity index (χ0v) is 7.55. The number of rotatable bonds is 0. The lowest BCUT2D eigenvalue weighted by Crippen LogP contribution is -2.23. The molecule has 1 heterocycles. The summed E-state index contributed by atoms with van der Waals surface area (Å²) in [7, 11) is 0. The maximum atomic E-state index is 11.9. The predicted molar refractivity (Wildman–Crippen MR) is 51.1 cm³/mol. The fourth-order valence-corrected chi connectivity index (χ4v) is 2.00. The third-order valence-electron chi connectivity index (χ3n) is 2.98. The predicted octanol–water partition coefficient (Wildman–Crippen LogP) is 2.14. The van der Waals surface area contributed by atoms with E-state index in [0.717, 1.165) is 29.7 Å². The molecule has 0 atom stereocenters. The molecule has 1 fully saturated rings. The summed E-state index contributed by atoms with van der Waals surface area (Å²) in [6, 6.07) is 6.04. The van der Waals surface area contributed by atoms with E-state index < -0.39 is 0 Å². The topological polar surface area (TPSA) is 29.1 Å². The van der Waals surface area contributed by atoms with Gasteiger partial charge in [0, 0.05) is 11.3 Å². The van der Waals surface area contributed by atoms with Gasteiger partial charge in [-0.05, 0) is 31.9 Å². The van der Waals surface area contributed by atoms with Gasteiger partial charge in [-0.15, -0.1) is 0 Å². The van der Waals surface area contributed by atoms with Gasteiger partial charge >= 0.3 is 0 Å². The first-order chi connectivity index (χ1) is 6.21. The zero-order chi connectivity index (χ0) is 9.05. The van der Waals surface area contributed by atoms with E-state index in [1.165, 1.54) is 0 Å². The van der Waals surface area contributed by atoms with Crippen molar-refractivity contribution in [1.82, 2.24) is 0 Å². The second kappa shape index (κ2) is 1.95. The van der Waals surface area contributed by atoms with Gasteiger partial charge in [-0.3, -0.25) is 4.79 Å². The number of carbonyl (C=O) groups is 1. The molecular weight excluding hydrogens is 162 g/mol. The molecule has 13 heavy (non-hydrogen) atoms. The van der Waals surface area contributed by atoms with Crippen molar-refractivity contribution < 1.29 is 4.79 Å². The molecule has 0 saturated heterocycles. The van der Waals surface area contributed by atoms with Crippen LogP contribution in [-0.4, -0.2) is 11.3 Å². The smallest absolute Gasteiger partial charge is 0.190 e. The van der Waals surface area contributed by atoms with Crippen LogP contribution in [0.1, 0.15) is 28.8 Å². The van der Waals surface area contributed by atoms with Crippen LogP contribution < -0.4 is 5.32 Å². The Morgan fingerprint density at radius 1 is 1.38 bits per heavy atom. The van der Waals surface area contributed by atoms with Crippen LogP contribution >= 0.6 is 0 Å². The maximum absolute atomic E-state index is 11.9. The molecule has 0 unspecified atom stereocenters. The molecule has 3 rings (SSSR count). The summed E-state index contributed by atoms with van der Waals surface area (Å²) in [5.74, 6) is 0.297. The normalized spacial score (nSPS) is 21.5. The number of ketones is 1. The molecule has 1 aliphatic heterocycles. The monoisotopic (exact) mass is 173 g/mol. The molecule has 2 heteroatoms. The molecule has 1 spiro atoms. The number of aryl methyl sites for hydroxylation is 1. The fourth-order valence-electron chi connectivity index (χ4n) is 2.00. The molecule has 1 N–H and O–H groups in total. The van der Waals surface area contributed by atoms with E-state index in [2.05, 4.69) is 5.32 Å². The molecule has 0 aromatic heterocycles. The van der Waals surface area contributed by atoms with Gasteiger partial charge < -0.3 is 5.32 Å². The van der Waals surface area contributed by atoms with Crippen molar-refractivity contribution in [1.29, 1.82) is 0 Å². The third-order valence-corrected chi connectivity index (χ3v) is 2.98. The SMILES string of the molecule is Cc1ccc2c(c1)C(=O)C1(CC1)N2. The van der Waals surface area contributed by atoms with Crippen LogP contribution in [0.5, 0.6) is 0 Å². The Morgan fingerprint density at radius 2 is 2.15 bits per heavy atom. The highest BCUT2D eigenvalue weighted by Gasteiger charge is 2.54. The molecule has 2 aliphatic rings. The molecule has 0 amide bonds. The van der Waals surface area contributed by atoms with E-state index in [1.54, 1.807) is 0 Å². The third kappa shape index (κ3) is 0.804. The quantitative estimate of drug-likeness (QED) is 0.651. The lowest BCUT2D eigenvalue weighted by molar-refractivity contribution is 0.0969. The maximum Gasteiger partial charge on any atom is 0.190 e. The number of fused-ring (bicyclic) bond motifs is 1. The number of carbonyl (C=O) groups excluding carboxylic acids is 1. The van der Waals surface area contributed by atoms with Crippen molar-refractivity contribution in [3.8, 4) is 0 Å². The van der Waals surface area contributed by atoms with E-state index in [-0.39, 0.29) is 5.54 Å². The van der Waals surface area contributed by atoms with Gasteiger partial charge in [0.25, 0.3) is 0 Å². The minimum Gasteiger partial charge on any atom is -0.372 e. The van der Waals surface area contributed by atoms with Crippen LogP contribution in [0.2, 0.25) is 0 Å². The summed E-state index contributed by atoms with van der Waals surface area (Å²) in [6.45, 7) is 2.02. The van der Waals surface area contributed by atoms with E-state index in [9.17, 15) is 4.79 Å². The second-order valence-corrected chi connectivity index (χ2v) is 4.09. The number of benzene rings is 1. The Hall–Kier alpha value is -1.31. The summed E-state index contributed by atoms with van der Waals surface area (Å²) >= 11 is 0. The van der Waals surface area contributed by atoms with Crippen LogP contribution in [0.4, 0.5) is 5.69 Å². The minimum absolute atomic E-state index is 0.184. The second-order valence-electron chi connectivity index (χ2n) is 4.09. The van der Waals surface area contributed by atoms with E-state index in [0.29, 0.717) is 5.78 Å². The first-order valence-electron chi connectivity index (χ1n) is 4.65. The standard InChI is InChI=1S/C11H11NO/c1-7-2-3-9-8(6-7)10(13)11(12-9)4-5-11/h2-3,6,12H,4-5H2,1H3. The molecule has 2 nitrogen and oxygen atoms in total. The number of hydrogen-bond donors (Lipinski definition) is 1. The highest BCUT2D eigenvalue weighted by molar-refractivity contribution is 6.15. The zero-order valence-electron chi connectivity index (χ0n) is 7.55. The van der Waals surface area contributed by atoms with E-state index in [4.69, 9.17) is 0 Å². The summed E-state index contributed by atoms with van der Waals surface area (Å²) < 4.78 is 0. The lowest BCUT2D eigenvalue weighted by atomic mass is 10.1. The molecule has 1 aromatic carbocycles. The van der Waals surface area contributed by atoms with Gasteiger partial charge in [-0.25, -0.2) is 0 Å². The molecule has 1 aromatic rings. The van der Waals surface area contributed by atoms with Crippen molar-refractivity contribution >= 4 is 11.5 Å². The summed E-state index contributed by atoms with van der Waals surface area (Å²) in [5.41, 5.74) is 2.88. The molecule has 0 radical (unpaired) electrons. The van der Waals surface area contributed by atoms with Crippen LogP contribution in [0.15, 0.2) is 18.2 Å². The molecule has 1 aliphatic carbocycles. The van der Waals surface area contributed by atoms with Crippen molar-refractivity contribution in [3.05, 3.63) is 29.3 Å². The lowest BCUT2D eigenvalue weighted by Gasteiger charge is -2.03. The van der Waals surface area contributed by atoms with Crippen molar-refractivity contribution in [2.24, 2.45) is 0 Å². The Labute approximate surface area is 77.0 Å². The Bertz CT molecular complexity index is 405. The first-order valence-corrected chi connectivity index (χ1v) is 4.65. The number of nitrogens with one attached hydrogen (secondary N) is 1. The summed E-state index contributed by atoms with van der Waals surface area (Å²) in [6.07, 6.45) is 2.00. The Balaban J connectivity index is 2.18. The highest BCUT2D eigenvalue weighted by atomic mass is 16.1. The van der Waals surface area contributed by atoms with E-state index >= 15 is 0 Å². The van der Waals surface area contributed by atoms with Gasteiger partial charge in [0.2, 0.25) is 0 Å². The molecule has 0 bridgehead atoms. The Morgan fingerprint density at radius 3 is 2.85 bits per heavy atom. The van der Waals surface area contributed by atoms with Crippen LogP contribution in [0.3, 0.4) is 0 Å². The van der Waals surface area contributed by atoms with E-state index in [1.807, 2.05) is 25.1 Å². The van der Waals surface area contributed by atoms with Gasteiger partial charge in [0.1, 0.15) is 5.54 Å². The van der Waals surface area contributed by atoms with Crippen LogP contribution in [0, 0.1) is 6.92 Å². The first kappa shape index (κ1) is 7.13. The summed E-state index contributed by atoms with van der Waals surface area (Å²) in [5, 5.41) is 3.31. The number of Topliss-reactive ketones (excluding diaryl/α,β-unsaturated/α-hetero) is 1. The van der Waals surface area contributed by atoms with Crippen LogP contribution in [0.25, 0.3) is 0 Å². The average Bonchev–Trinajstić information content (AvgIpc) is 2.83. The van der Waals surface area contributed by atoms with Gasteiger partial charge in [-0.1, -0.05) is 11.6 Å². The van der Waals surface area contributed by atoms with Crippen molar-refractivity contribution in [2.75, 3.05) is 5.32 Å². The van der Waals surface area contributed by atoms with Crippen LogP contribution in [-0.2, 0) is 0 Å².